The van der Waals surface area contributed by atoms with Crippen LogP contribution in [0.25, 0.3) is 0 Å². The molecule has 0 aromatic heterocycles. The van der Waals surface area contributed by atoms with E-state index in [2.05, 4.69) is 10.1 Å². The Morgan fingerprint density at radius 3 is 2.20 bits per heavy atom. The van der Waals surface area contributed by atoms with Crippen molar-refractivity contribution in [2.75, 3.05) is 25.5 Å². The third-order valence-electron chi connectivity index (χ3n) is 5.11. The molecule has 2 aromatic carbocycles. The summed E-state index contributed by atoms with van der Waals surface area (Å²) < 4.78 is 31.6. The van der Waals surface area contributed by atoms with Gasteiger partial charge in [-0.2, -0.15) is 4.31 Å². The number of aryl methyl sites for hydroxylation is 1. The summed E-state index contributed by atoms with van der Waals surface area (Å²) in [6, 6.07) is 13.2. The molecule has 160 valence electrons. The van der Waals surface area contributed by atoms with Crippen LogP contribution in [0.4, 0.5) is 5.69 Å². The smallest absolute Gasteiger partial charge is 0.337 e. The number of anilines is 1. The monoisotopic (exact) mass is 430 g/mol. The van der Waals surface area contributed by atoms with E-state index < -0.39 is 16.0 Å². The van der Waals surface area contributed by atoms with E-state index in [0.29, 0.717) is 35.7 Å². The van der Waals surface area contributed by atoms with Crippen LogP contribution in [0.3, 0.4) is 0 Å². The summed E-state index contributed by atoms with van der Waals surface area (Å²) in [6.45, 7) is 1.15. The van der Waals surface area contributed by atoms with Crippen molar-refractivity contribution >= 4 is 27.6 Å². The minimum atomic E-state index is -3.44. The molecule has 1 aliphatic heterocycles. The predicted molar refractivity (Wildman–Crippen MR) is 114 cm³/mol. The number of hydrogen-bond acceptors (Lipinski definition) is 5. The van der Waals surface area contributed by atoms with Crippen molar-refractivity contribution < 1.29 is 22.7 Å². The number of sulfonamides is 1. The third kappa shape index (κ3) is 5.46. The molecule has 1 saturated heterocycles. The van der Waals surface area contributed by atoms with Crippen molar-refractivity contribution in [2.45, 2.75) is 37.0 Å². The van der Waals surface area contributed by atoms with E-state index in [1.165, 1.54) is 7.11 Å². The summed E-state index contributed by atoms with van der Waals surface area (Å²) in [5.41, 5.74) is 1.90. The van der Waals surface area contributed by atoms with Crippen LogP contribution in [0.1, 0.15) is 41.6 Å². The second-order valence-electron chi connectivity index (χ2n) is 7.23. The highest BCUT2D eigenvalue weighted by atomic mass is 32.2. The van der Waals surface area contributed by atoms with Gasteiger partial charge in [0.05, 0.1) is 17.6 Å². The quantitative estimate of drug-likeness (QED) is 0.681. The second kappa shape index (κ2) is 9.86. The van der Waals surface area contributed by atoms with Crippen LogP contribution in [-0.4, -0.2) is 44.8 Å². The molecule has 30 heavy (non-hydrogen) atoms. The van der Waals surface area contributed by atoms with Crippen LogP contribution >= 0.6 is 0 Å². The molecule has 1 heterocycles. The van der Waals surface area contributed by atoms with Crippen LogP contribution in [0.5, 0.6) is 0 Å². The van der Waals surface area contributed by atoms with Gasteiger partial charge >= 0.3 is 5.97 Å². The molecule has 0 saturated carbocycles. The van der Waals surface area contributed by atoms with Crippen molar-refractivity contribution in [1.82, 2.24) is 4.31 Å². The van der Waals surface area contributed by atoms with E-state index in [4.69, 9.17) is 0 Å². The minimum Gasteiger partial charge on any atom is -0.465 e. The van der Waals surface area contributed by atoms with Gasteiger partial charge in [-0.25, -0.2) is 13.2 Å². The van der Waals surface area contributed by atoms with Crippen LogP contribution in [0.15, 0.2) is 53.4 Å². The Balaban J connectivity index is 1.53. The molecule has 2 aromatic rings. The molecule has 0 spiro atoms. The number of hydrogen-bond donors (Lipinski definition) is 1. The zero-order chi connectivity index (χ0) is 21.6. The summed E-state index contributed by atoms with van der Waals surface area (Å²) in [4.78, 5) is 23.9. The lowest BCUT2D eigenvalue weighted by atomic mass is 10.1. The normalized spacial score (nSPS) is 14.8. The number of carbonyl (C=O) groups excluding carboxylic acids is 2. The minimum absolute atomic E-state index is 0.161. The molecule has 0 atom stereocenters. The molecule has 1 amide bonds. The first kappa shape index (κ1) is 22.0. The Hall–Kier alpha value is -2.71. The van der Waals surface area contributed by atoms with Crippen LogP contribution < -0.4 is 5.32 Å². The Labute approximate surface area is 177 Å². The molecule has 0 bridgehead atoms. The van der Waals surface area contributed by atoms with Crippen molar-refractivity contribution in [3.63, 3.8) is 0 Å². The van der Waals surface area contributed by atoms with Gasteiger partial charge in [0.25, 0.3) is 0 Å². The lowest BCUT2D eigenvalue weighted by Gasteiger charge is -2.25. The van der Waals surface area contributed by atoms with Gasteiger partial charge in [0.1, 0.15) is 0 Å². The van der Waals surface area contributed by atoms with Gasteiger partial charge in [-0.05, 0) is 61.2 Å². The third-order valence-corrected chi connectivity index (χ3v) is 7.02. The Morgan fingerprint density at radius 1 is 0.967 bits per heavy atom. The van der Waals surface area contributed by atoms with Gasteiger partial charge < -0.3 is 10.1 Å². The van der Waals surface area contributed by atoms with Crippen molar-refractivity contribution in [3.05, 3.63) is 59.7 Å². The van der Waals surface area contributed by atoms with Crippen molar-refractivity contribution in [2.24, 2.45) is 0 Å². The summed E-state index contributed by atoms with van der Waals surface area (Å²) >= 11 is 0. The first-order valence-corrected chi connectivity index (χ1v) is 11.4. The van der Waals surface area contributed by atoms with E-state index >= 15 is 0 Å². The first-order chi connectivity index (χ1) is 14.4. The van der Waals surface area contributed by atoms with Gasteiger partial charge in [-0.1, -0.05) is 18.6 Å². The maximum absolute atomic E-state index is 12.7. The fourth-order valence-electron chi connectivity index (χ4n) is 3.37. The molecule has 1 aliphatic rings. The fourth-order valence-corrected chi connectivity index (χ4v) is 4.89. The van der Waals surface area contributed by atoms with Crippen molar-refractivity contribution in [3.8, 4) is 0 Å². The van der Waals surface area contributed by atoms with E-state index in [0.717, 1.165) is 24.8 Å². The predicted octanol–water partition coefficient (Wildman–Crippen LogP) is 3.22. The molecule has 1 N–H and O–H groups in total. The number of amides is 1. The summed E-state index contributed by atoms with van der Waals surface area (Å²) in [7, 11) is -2.13. The molecule has 0 aliphatic carbocycles. The first-order valence-electron chi connectivity index (χ1n) is 9.97. The molecular formula is C22H26N2O5S. The topological polar surface area (TPSA) is 92.8 Å². The lowest BCUT2D eigenvalue weighted by molar-refractivity contribution is -0.116. The SMILES string of the molecule is COC(=O)c1ccc(NC(=O)CCc2ccc(S(=O)(=O)N3CCCCC3)cc2)cc1. The highest BCUT2D eigenvalue weighted by Gasteiger charge is 2.25. The van der Waals surface area contributed by atoms with Crippen LogP contribution in [-0.2, 0) is 26.0 Å². The summed E-state index contributed by atoms with van der Waals surface area (Å²) in [6.07, 6.45) is 3.63. The lowest BCUT2D eigenvalue weighted by Crippen LogP contribution is -2.35. The number of methoxy groups -OCH3 is 1. The maximum Gasteiger partial charge on any atom is 0.337 e. The molecule has 7 nitrogen and oxygen atoms in total. The zero-order valence-electron chi connectivity index (χ0n) is 17.0. The average molecular weight is 431 g/mol. The number of ether oxygens (including phenoxy) is 1. The zero-order valence-corrected chi connectivity index (χ0v) is 17.8. The van der Waals surface area contributed by atoms with E-state index in [-0.39, 0.29) is 12.3 Å². The summed E-state index contributed by atoms with van der Waals surface area (Å²) in [5, 5.41) is 2.78. The number of rotatable bonds is 7. The average Bonchev–Trinajstić information content (AvgIpc) is 2.78. The van der Waals surface area contributed by atoms with Gasteiger partial charge in [0.2, 0.25) is 15.9 Å². The highest BCUT2D eigenvalue weighted by Crippen LogP contribution is 2.21. The molecule has 0 unspecified atom stereocenters. The maximum atomic E-state index is 12.7. The van der Waals surface area contributed by atoms with Gasteiger partial charge in [-0.3, -0.25) is 4.79 Å². The van der Waals surface area contributed by atoms with Crippen LogP contribution in [0.2, 0.25) is 0 Å². The number of nitrogens with one attached hydrogen (secondary N) is 1. The molecule has 3 rings (SSSR count). The highest BCUT2D eigenvalue weighted by molar-refractivity contribution is 7.89. The number of benzene rings is 2. The van der Waals surface area contributed by atoms with E-state index in [1.54, 1.807) is 52.8 Å². The number of carbonyl (C=O) groups is 2. The van der Waals surface area contributed by atoms with Gasteiger partial charge in [0.15, 0.2) is 0 Å². The van der Waals surface area contributed by atoms with E-state index in [1.807, 2.05) is 0 Å². The molecule has 1 fully saturated rings. The van der Waals surface area contributed by atoms with E-state index in [9.17, 15) is 18.0 Å². The molecule has 8 heteroatoms. The summed E-state index contributed by atoms with van der Waals surface area (Å²) in [5.74, 6) is -0.593. The Morgan fingerprint density at radius 2 is 1.60 bits per heavy atom. The van der Waals surface area contributed by atoms with Crippen molar-refractivity contribution in [1.29, 1.82) is 0 Å². The largest absolute Gasteiger partial charge is 0.465 e. The molecular weight excluding hydrogens is 404 g/mol. The number of nitrogens with zero attached hydrogens (tertiary/aromatic N) is 1. The van der Waals surface area contributed by atoms with Gasteiger partial charge in [-0.15, -0.1) is 0 Å². The van der Waals surface area contributed by atoms with Gasteiger partial charge in [0, 0.05) is 25.2 Å². The van der Waals surface area contributed by atoms with Crippen LogP contribution in [0, 0.1) is 0 Å². The number of esters is 1. The second-order valence-corrected chi connectivity index (χ2v) is 9.16. The molecule has 0 radical (unpaired) electrons. The number of piperidine rings is 1. The Bertz CT molecular complexity index is 979. The fraction of sp³-hybridized carbons (Fsp3) is 0.364. The standard InChI is InChI=1S/C22H26N2O5S/c1-29-22(26)18-8-10-19(11-9-18)23-21(25)14-7-17-5-12-20(13-6-17)30(27,28)24-15-3-2-4-16-24/h5-6,8-13H,2-4,7,14-16H2,1H3,(H,23,25). The Kier molecular flexibility index (Phi) is 7.23.